The van der Waals surface area contributed by atoms with E-state index in [4.69, 9.17) is 16.6 Å². The molecule has 0 saturated carbocycles. The molecule has 1 amide bonds. The molecule has 2 aromatic heterocycles. The van der Waals surface area contributed by atoms with Gasteiger partial charge < -0.3 is 4.90 Å². The SMILES string of the molecule is CN(C)C(=O)Cc1c(-c2ccccc2Cl)nc2sc3ccccc3n12. The zero-order valence-corrected chi connectivity index (χ0v) is 15.4. The van der Waals surface area contributed by atoms with Crippen molar-refractivity contribution in [3.8, 4) is 11.3 Å². The van der Waals surface area contributed by atoms with Crippen LogP contribution in [-0.4, -0.2) is 34.3 Å². The van der Waals surface area contributed by atoms with Crippen LogP contribution in [0, 0.1) is 0 Å². The minimum absolute atomic E-state index is 0.0328. The van der Waals surface area contributed by atoms with Crippen molar-refractivity contribution in [3.63, 3.8) is 0 Å². The molecule has 0 aliphatic carbocycles. The summed E-state index contributed by atoms with van der Waals surface area (Å²) in [6, 6.07) is 15.8. The summed E-state index contributed by atoms with van der Waals surface area (Å²) in [7, 11) is 3.53. The van der Waals surface area contributed by atoms with E-state index in [9.17, 15) is 4.79 Å². The second kappa shape index (κ2) is 6.17. The Kier molecular flexibility index (Phi) is 3.98. The molecule has 2 heterocycles. The smallest absolute Gasteiger partial charge is 0.228 e. The number of amides is 1. The molecule has 4 rings (SSSR count). The molecule has 0 aliphatic heterocycles. The van der Waals surface area contributed by atoms with Gasteiger partial charge in [0.15, 0.2) is 4.96 Å². The third kappa shape index (κ3) is 2.69. The summed E-state index contributed by atoms with van der Waals surface area (Å²) in [4.78, 5) is 19.7. The van der Waals surface area contributed by atoms with Crippen molar-refractivity contribution in [2.75, 3.05) is 14.1 Å². The van der Waals surface area contributed by atoms with Gasteiger partial charge in [-0.25, -0.2) is 4.98 Å². The number of para-hydroxylation sites is 1. The van der Waals surface area contributed by atoms with E-state index in [1.165, 1.54) is 0 Å². The maximum atomic E-state index is 12.4. The molecule has 0 spiro atoms. The number of imidazole rings is 1. The molecule has 0 aliphatic rings. The van der Waals surface area contributed by atoms with Crippen molar-refractivity contribution in [1.29, 1.82) is 0 Å². The monoisotopic (exact) mass is 369 g/mol. The molecular weight excluding hydrogens is 354 g/mol. The molecule has 0 N–H and O–H groups in total. The van der Waals surface area contributed by atoms with Crippen LogP contribution in [0.2, 0.25) is 5.02 Å². The van der Waals surface area contributed by atoms with E-state index in [2.05, 4.69) is 16.5 Å². The topological polar surface area (TPSA) is 37.6 Å². The Morgan fingerprint density at radius 1 is 1.16 bits per heavy atom. The summed E-state index contributed by atoms with van der Waals surface area (Å²) >= 11 is 8.02. The molecule has 6 heteroatoms. The van der Waals surface area contributed by atoms with Crippen LogP contribution in [0.1, 0.15) is 5.69 Å². The molecule has 4 nitrogen and oxygen atoms in total. The van der Waals surface area contributed by atoms with Gasteiger partial charge in [-0.1, -0.05) is 53.3 Å². The van der Waals surface area contributed by atoms with Crippen molar-refractivity contribution in [2.24, 2.45) is 0 Å². The molecule has 0 unspecified atom stereocenters. The summed E-state index contributed by atoms with van der Waals surface area (Å²) in [5, 5.41) is 0.635. The maximum absolute atomic E-state index is 12.4. The third-order valence-electron chi connectivity index (χ3n) is 4.20. The Hall–Kier alpha value is -2.37. The Morgan fingerprint density at radius 3 is 2.64 bits per heavy atom. The van der Waals surface area contributed by atoms with Crippen LogP contribution in [0.15, 0.2) is 48.5 Å². The van der Waals surface area contributed by atoms with Gasteiger partial charge in [-0.15, -0.1) is 0 Å². The standard InChI is InChI=1S/C19H16ClN3OS/c1-22(2)17(24)11-15-18(12-7-3-4-8-13(12)20)21-19-23(15)14-9-5-6-10-16(14)25-19/h3-10H,11H2,1-2H3. The van der Waals surface area contributed by atoms with Crippen molar-refractivity contribution in [1.82, 2.24) is 14.3 Å². The van der Waals surface area contributed by atoms with Gasteiger partial charge in [0.2, 0.25) is 5.91 Å². The number of fused-ring (bicyclic) bond motifs is 3. The molecular formula is C19H16ClN3OS. The molecule has 0 saturated heterocycles. The van der Waals surface area contributed by atoms with Gasteiger partial charge in [-0.2, -0.15) is 0 Å². The molecule has 0 fully saturated rings. The number of halogens is 1. The number of likely N-dealkylation sites (N-methyl/N-ethyl adjacent to an activating group) is 1. The van der Waals surface area contributed by atoms with Gasteiger partial charge in [0.25, 0.3) is 0 Å². The van der Waals surface area contributed by atoms with E-state index in [0.717, 1.165) is 32.1 Å². The van der Waals surface area contributed by atoms with Crippen molar-refractivity contribution in [3.05, 3.63) is 59.2 Å². The maximum Gasteiger partial charge on any atom is 0.228 e. The van der Waals surface area contributed by atoms with Crippen LogP contribution in [0.25, 0.3) is 26.4 Å². The highest BCUT2D eigenvalue weighted by atomic mass is 35.5. The highest BCUT2D eigenvalue weighted by Gasteiger charge is 2.22. The van der Waals surface area contributed by atoms with Crippen LogP contribution in [0.3, 0.4) is 0 Å². The number of hydrogen-bond acceptors (Lipinski definition) is 3. The third-order valence-corrected chi connectivity index (χ3v) is 5.55. The Bertz CT molecular complexity index is 1100. The van der Waals surface area contributed by atoms with Gasteiger partial charge in [0, 0.05) is 19.7 Å². The number of benzene rings is 2. The molecule has 25 heavy (non-hydrogen) atoms. The lowest BCUT2D eigenvalue weighted by atomic mass is 10.1. The summed E-state index contributed by atoms with van der Waals surface area (Å²) in [5.41, 5.74) is 3.57. The highest BCUT2D eigenvalue weighted by Crippen LogP contribution is 2.35. The van der Waals surface area contributed by atoms with Crippen molar-refractivity contribution >= 4 is 44.0 Å². The Balaban J connectivity index is 2.02. The van der Waals surface area contributed by atoms with E-state index in [-0.39, 0.29) is 12.3 Å². The molecule has 126 valence electrons. The first-order valence-electron chi connectivity index (χ1n) is 7.90. The number of hydrogen-bond donors (Lipinski definition) is 0. The lowest BCUT2D eigenvalue weighted by molar-refractivity contribution is -0.128. The second-order valence-corrected chi connectivity index (χ2v) is 7.46. The summed E-state index contributed by atoms with van der Waals surface area (Å²) in [5.74, 6) is 0.0328. The fourth-order valence-electron chi connectivity index (χ4n) is 2.91. The first-order valence-corrected chi connectivity index (χ1v) is 9.09. The van der Waals surface area contributed by atoms with Crippen LogP contribution in [-0.2, 0) is 11.2 Å². The number of nitrogens with zero attached hydrogens (tertiary/aromatic N) is 3. The van der Waals surface area contributed by atoms with Crippen molar-refractivity contribution < 1.29 is 4.79 Å². The number of carbonyl (C=O) groups is 1. The number of aromatic nitrogens is 2. The first kappa shape index (κ1) is 16.1. The lowest BCUT2D eigenvalue weighted by Crippen LogP contribution is -2.24. The Morgan fingerprint density at radius 2 is 1.88 bits per heavy atom. The normalized spacial score (nSPS) is 11.3. The summed E-state index contributed by atoms with van der Waals surface area (Å²) in [6.45, 7) is 0. The zero-order chi connectivity index (χ0) is 17.6. The molecule has 4 aromatic rings. The van der Waals surface area contributed by atoms with Gasteiger partial charge in [0.1, 0.15) is 0 Å². The molecule has 0 bridgehead atoms. The average molecular weight is 370 g/mol. The molecule has 2 aromatic carbocycles. The number of thiazole rings is 1. The summed E-state index contributed by atoms with van der Waals surface area (Å²) in [6.07, 6.45) is 0.273. The van der Waals surface area contributed by atoms with Gasteiger partial charge in [-0.3, -0.25) is 9.20 Å². The van der Waals surface area contributed by atoms with Gasteiger partial charge in [0.05, 0.1) is 33.0 Å². The predicted molar refractivity (Wildman–Crippen MR) is 103 cm³/mol. The predicted octanol–water partition coefficient (Wildman–Crippen LogP) is 4.50. The quantitative estimate of drug-likeness (QED) is 0.533. The van der Waals surface area contributed by atoms with Crippen LogP contribution >= 0.6 is 22.9 Å². The van der Waals surface area contributed by atoms with Gasteiger partial charge in [-0.05, 0) is 18.2 Å². The largest absolute Gasteiger partial charge is 0.348 e. The zero-order valence-electron chi connectivity index (χ0n) is 13.9. The van der Waals surface area contributed by atoms with E-state index >= 15 is 0 Å². The Labute approximate surface area is 154 Å². The van der Waals surface area contributed by atoms with Crippen molar-refractivity contribution in [2.45, 2.75) is 6.42 Å². The van der Waals surface area contributed by atoms with E-state index < -0.39 is 0 Å². The number of carbonyl (C=O) groups excluding carboxylic acids is 1. The molecule has 0 atom stereocenters. The second-order valence-electron chi connectivity index (χ2n) is 6.04. The fraction of sp³-hybridized carbons (Fsp3) is 0.158. The fourth-order valence-corrected chi connectivity index (χ4v) is 4.18. The minimum atomic E-state index is 0.0328. The minimum Gasteiger partial charge on any atom is -0.348 e. The first-order chi connectivity index (χ1) is 12.1. The van der Waals surface area contributed by atoms with Crippen LogP contribution < -0.4 is 0 Å². The average Bonchev–Trinajstić information content (AvgIpc) is 3.12. The summed E-state index contributed by atoms with van der Waals surface area (Å²) < 4.78 is 3.23. The van der Waals surface area contributed by atoms with E-state index in [0.29, 0.717) is 5.02 Å². The number of rotatable bonds is 3. The van der Waals surface area contributed by atoms with Crippen LogP contribution in [0.5, 0.6) is 0 Å². The lowest BCUT2D eigenvalue weighted by Gasteiger charge is -2.11. The van der Waals surface area contributed by atoms with E-state index in [1.807, 2.05) is 36.4 Å². The van der Waals surface area contributed by atoms with Gasteiger partial charge >= 0.3 is 0 Å². The van der Waals surface area contributed by atoms with Crippen LogP contribution in [0.4, 0.5) is 0 Å². The molecule has 0 radical (unpaired) electrons. The van der Waals surface area contributed by atoms with E-state index in [1.54, 1.807) is 30.3 Å². The highest BCUT2D eigenvalue weighted by molar-refractivity contribution is 7.23.